The number of carbonyl (C=O) groups excluding carboxylic acids is 1. The molecule has 1 rings (SSSR count). The van der Waals surface area contributed by atoms with Crippen LogP contribution in [0.3, 0.4) is 0 Å². The molecule has 1 atom stereocenters. The van der Waals surface area contributed by atoms with E-state index < -0.39 is 0 Å². The molecule has 0 spiro atoms. The minimum absolute atomic E-state index is 0.227. The average molecular weight is 200 g/mol. The molecule has 3 N–H and O–H groups in total. The van der Waals surface area contributed by atoms with Crippen molar-refractivity contribution in [3.63, 3.8) is 0 Å². The van der Waals surface area contributed by atoms with Gasteiger partial charge in [-0.3, -0.25) is 4.79 Å². The van der Waals surface area contributed by atoms with Crippen LogP contribution in [0.5, 0.6) is 0 Å². The minimum Gasteiger partial charge on any atom is -0.385 e. The van der Waals surface area contributed by atoms with Crippen LogP contribution >= 0.6 is 0 Å². The van der Waals surface area contributed by atoms with Crippen molar-refractivity contribution in [3.05, 3.63) is 0 Å². The van der Waals surface area contributed by atoms with Gasteiger partial charge >= 0.3 is 0 Å². The van der Waals surface area contributed by atoms with Gasteiger partial charge in [-0.25, -0.2) is 0 Å². The van der Waals surface area contributed by atoms with E-state index in [4.69, 9.17) is 10.5 Å². The molecule has 1 aliphatic carbocycles. The third-order valence-corrected chi connectivity index (χ3v) is 3.00. The van der Waals surface area contributed by atoms with Crippen LogP contribution in [0.15, 0.2) is 0 Å². The van der Waals surface area contributed by atoms with Crippen molar-refractivity contribution in [1.82, 2.24) is 5.32 Å². The largest absolute Gasteiger partial charge is 0.385 e. The molecular weight excluding hydrogens is 180 g/mol. The number of nitrogens with one attached hydrogen (secondary N) is 1. The van der Waals surface area contributed by atoms with Crippen LogP contribution in [0.25, 0.3) is 0 Å². The minimum atomic E-state index is -0.285. The van der Waals surface area contributed by atoms with Crippen molar-refractivity contribution in [3.8, 4) is 0 Å². The molecule has 0 aromatic rings. The number of rotatable bonds is 7. The van der Waals surface area contributed by atoms with Crippen LogP contribution in [-0.4, -0.2) is 32.2 Å². The van der Waals surface area contributed by atoms with Crippen molar-refractivity contribution < 1.29 is 9.53 Å². The first-order valence-electron chi connectivity index (χ1n) is 5.11. The number of nitrogens with two attached hydrogens (primary N) is 1. The Balaban J connectivity index is 2.20. The molecule has 0 aromatic carbocycles. The molecule has 82 valence electrons. The van der Waals surface area contributed by atoms with E-state index in [1.54, 1.807) is 14.0 Å². The maximum absolute atomic E-state index is 10.8. The highest BCUT2D eigenvalue weighted by Gasteiger charge is 2.41. The molecule has 4 heteroatoms. The second-order valence-corrected chi connectivity index (χ2v) is 4.25. The van der Waals surface area contributed by atoms with Gasteiger partial charge in [0.05, 0.1) is 6.04 Å². The molecule has 0 saturated heterocycles. The van der Waals surface area contributed by atoms with Crippen LogP contribution in [0.2, 0.25) is 0 Å². The lowest BCUT2D eigenvalue weighted by Crippen LogP contribution is -2.41. The lowest BCUT2D eigenvalue weighted by molar-refractivity contribution is -0.119. The normalized spacial score (nSPS) is 20.4. The number of methoxy groups -OCH3 is 1. The van der Waals surface area contributed by atoms with E-state index in [0.717, 1.165) is 19.6 Å². The number of amides is 1. The summed E-state index contributed by atoms with van der Waals surface area (Å²) in [4.78, 5) is 10.8. The first-order chi connectivity index (χ1) is 6.59. The summed E-state index contributed by atoms with van der Waals surface area (Å²) in [7, 11) is 1.72. The predicted octanol–water partition coefficient (Wildman–Crippen LogP) is 0.267. The Bertz CT molecular complexity index is 202. The van der Waals surface area contributed by atoms with E-state index in [9.17, 15) is 4.79 Å². The van der Waals surface area contributed by atoms with Gasteiger partial charge in [0.15, 0.2) is 0 Å². The first kappa shape index (κ1) is 11.5. The quantitative estimate of drug-likeness (QED) is 0.620. The Morgan fingerprint density at radius 3 is 2.71 bits per heavy atom. The van der Waals surface area contributed by atoms with E-state index in [-0.39, 0.29) is 11.9 Å². The predicted molar refractivity (Wildman–Crippen MR) is 54.8 cm³/mol. The summed E-state index contributed by atoms with van der Waals surface area (Å²) in [5, 5.41) is 3.16. The number of primary amides is 1. The fourth-order valence-corrected chi connectivity index (χ4v) is 1.48. The van der Waals surface area contributed by atoms with E-state index in [2.05, 4.69) is 5.32 Å². The molecule has 0 aliphatic heterocycles. The molecule has 0 aromatic heterocycles. The summed E-state index contributed by atoms with van der Waals surface area (Å²) in [5.41, 5.74) is 5.53. The van der Waals surface area contributed by atoms with Crippen LogP contribution in [0.1, 0.15) is 26.2 Å². The van der Waals surface area contributed by atoms with Gasteiger partial charge in [0.1, 0.15) is 0 Å². The highest BCUT2D eigenvalue weighted by Crippen LogP contribution is 2.48. The Labute approximate surface area is 85.2 Å². The van der Waals surface area contributed by atoms with Gasteiger partial charge in [-0.15, -0.1) is 0 Å². The van der Waals surface area contributed by atoms with Gasteiger partial charge in [0.2, 0.25) is 5.91 Å². The highest BCUT2D eigenvalue weighted by molar-refractivity contribution is 5.79. The van der Waals surface area contributed by atoms with Gasteiger partial charge < -0.3 is 15.8 Å². The fourth-order valence-electron chi connectivity index (χ4n) is 1.48. The zero-order valence-electron chi connectivity index (χ0n) is 9.01. The first-order valence-corrected chi connectivity index (χ1v) is 5.11. The molecule has 0 radical (unpaired) electrons. The highest BCUT2D eigenvalue weighted by atomic mass is 16.5. The third kappa shape index (κ3) is 3.27. The Morgan fingerprint density at radius 2 is 2.29 bits per heavy atom. The lowest BCUT2D eigenvalue weighted by Gasteiger charge is -2.17. The number of carbonyl (C=O) groups is 1. The van der Waals surface area contributed by atoms with E-state index in [1.807, 2.05) is 0 Å². The van der Waals surface area contributed by atoms with Crippen LogP contribution in [-0.2, 0) is 9.53 Å². The number of hydrogen-bond donors (Lipinski definition) is 2. The number of ether oxygens (including phenoxy) is 1. The standard InChI is InChI=1S/C10H20N2O2/c1-8(9(11)13)12-7-10(3-4-10)5-6-14-2/h8,12H,3-7H2,1-2H3,(H2,11,13). The monoisotopic (exact) mass is 200 g/mol. The van der Waals surface area contributed by atoms with Crippen molar-refractivity contribution in [1.29, 1.82) is 0 Å². The zero-order valence-corrected chi connectivity index (χ0v) is 9.01. The van der Waals surface area contributed by atoms with Gasteiger partial charge in [-0.2, -0.15) is 0 Å². The van der Waals surface area contributed by atoms with Crippen LogP contribution in [0.4, 0.5) is 0 Å². The average Bonchev–Trinajstić information content (AvgIpc) is 2.92. The van der Waals surface area contributed by atoms with Crippen molar-refractivity contribution in [2.24, 2.45) is 11.1 Å². The summed E-state index contributed by atoms with van der Waals surface area (Å²) in [6.45, 7) is 3.47. The van der Waals surface area contributed by atoms with Crippen LogP contribution in [0, 0.1) is 5.41 Å². The van der Waals surface area contributed by atoms with Crippen molar-refractivity contribution >= 4 is 5.91 Å². The molecular formula is C10H20N2O2. The maximum Gasteiger partial charge on any atom is 0.234 e. The summed E-state index contributed by atoms with van der Waals surface area (Å²) in [6, 6.07) is -0.227. The summed E-state index contributed by atoms with van der Waals surface area (Å²) < 4.78 is 5.05. The molecule has 14 heavy (non-hydrogen) atoms. The van der Waals surface area contributed by atoms with Gasteiger partial charge in [-0.1, -0.05) is 0 Å². The second-order valence-electron chi connectivity index (χ2n) is 4.25. The Morgan fingerprint density at radius 1 is 1.64 bits per heavy atom. The molecule has 1 fully saturated rings. The molecule has 0 heterocycles. The van der Waals surface area contributed by atoms with Gasteiger partial charge in [0.25, 0.3) is 0 Å². The summed E-state index contributed by atoms with van der Waals surface area (Å²) >= 11 is 0. The van der Waals surface area contributed by atoms with Gasteiger partial charge in [0, 0.05) is 20.3 Å². The summed E-state index contributed by atoms with van der Waals surface area (Å²) in [6.07, 6.45) is 3.53. The van der Waals surface area contributed by atoms with E-state index in [0.29, 0.717) is 5.41 Å². The van der Waals surface area contributed by atoms with Gasteiger partial charge in [-0.05, 0) is 31.6 Å². The Hall–Kier alpha value is -0.610. The van der Waals surface area contributed by atoms with Crippen molar-refractivity contribution in [2.75, 3.05) is 20.3 Å². The number of hydrogen-bond acceptors (Lipinski definition) is 3. The zero-order chi connectivity index (χ0) is 10.6. The van der Waals surface area contributed by atoms with E-state index >= 15 is 0 Å². The molecule has 1 saturated carbocycles. The molecule has 4 nitrogen and oxygen atoms in total. The fraction of sp³-hybridized carbons (Fsp3) is 0.900. The molecule has 1 aliphatic rings. The lowest BCUT2D eigenvalue weighted by atomic mass is 10.0. The second kappa shape index (κ2) is 4.75. The topological polar surface area (TPSA) is 64.3 Å². The molecule has 1 unspecified atom stereocenters. The SMILES string of the molecule is COCCC1(CNC(C)C(N)=O)CC1. The maximum atomic E-state index is 10.8. The summed E-state index contributed by atoms with van der Waals surface area (Å²) in [5.74, 6) is -0.285. The van der Waals surface area contributed by atoms with Crippen LogP contribution < -0.4 is 11.1 Å². The third-order valence-electron chi connectivity index (χ3n) is 3.00. The molecule has 0 bridgehead atoms. The molecule has 1 amide bonds. The van der Waals surface area contributed by atoms with Crippen molar-refractivity contribution in [2.45, 2.75) is 32.2 Å². The Kier molecular flexibility index (Phi) is 3.89. The smallest absolute Gasteiger partial charge is 0.234 e. The van der Waals surface area contributed by atoms with E-state index in [1.165, 1.54) is 12.8 Å².